The second-order valence-electron chi connectivity index (χ2n) is 4.57. The molecule has 0 saturated heterocycles. The molecule has 3 heterocycles. The van der Waals surface area contributed by atoms with Gasteiger partial charge in [-0.3, -0.25) is 9.36 Å². The van der Waals surface area contributed by atoms with Crippen molar-refractivity contribution in [3.05, 3.63) is 38.8 Å². The minimum absolute atomic E-state index is 0.132. The molecule has 0 spiro atoms. The largest absolute Gasteiger partial charge is 0.477 e. The number of methoxy groups -OCH3 is 1. The maximum absolute atomic E-state index is 12.4. The molecule has 3 rings (SSSR count). The quantitative estimate of drug-likeness (QED) is 0.717. The fourth-order valence-corrected chi connectivity index (χ4v) is 3.00. The smallest absolute Gasteiger partial charge is 0.341 e. The summed E-state index contributed by atoms with van der Waals surface area (Å²) in [5.74, 6) is -1.34. The zero-order valence-corrected chi connectivity index (χ0v) is 13.5. The maximum Gasteiger partial charge on any atom is 0.341 e. The summed E-state index contributed by atoms with van der Waals surface area (Å²) in [5.41, 5.74) is -0.275. The van der Waals surface area contributed by atoms with Gasteiger partial charge in [-0.1, -0.05) is 11.6 Å². The van der Waals surface area contributed by atoms with Crippen molar-refractivity contribution in [3.63, 3.8) is 0 Å². The molecule has 8 nitrogen and oxygen atoms in total. The average Bonchev–Trinajstić information content (AvgIpc) is 2.95. The Hall–Kier alpha value is -2.52. The zero-order valence-electron chi connectivity index (χ0n) is 11.9. The van der Waals surface area contributed by atoms with Gasteiger partial charge in [-0.2, -0.15) is 4.98 Å². The van der Waals surface area contributed by atoms with Crippen LogP contribution in [0.2, 0.25) is 5.15 Å². The summed E-state index contributed by atoms with van der Waals surface area (Å²) in [6, 6.07) is 1.63. The Bertz CT molecular complexity index is 998. The lowest BCUT2D eigenvalue weighted by molar-refractivity contribution is 0.0695. The van der Waals surface area contributed by atoms with Crippen LogP contribution < -0.4 is 10.2 Å². The van der Waals surface area contributed by atoms with Crippen LogP contribution in [-0.2, 0) is 0 Å². The molecule has 0 radical (unpaired) electrons. The number of fused-ring (bicyclic) bond motifs is 1. The topological polar surface area (TPSA) is 107 Å². The second kappa shape index (κ2) is 5.60. The third-order valence-electron chi connectivity index (χ3n) is 3.14. The molecule has 10 heteroatoms. The van der Waals surface area contributed by atoms with Crippen LogP contribution in [0.3, 0.4) is 0 Å². The van der Waals surface area contributed by atoms with E-state index in [2.05, 4.69) is 14.3 Å². The first kappa shape index (κ1) is 15.4. The predicted molar refractivity (Wildman–Crippen MR) is 84.1 cm³/mol. The summed E-state index contributed by atoms with van der Waals surface area (Å²) in [6.45, 7) is 1.66. The minimum Gasteiger partial charge on any atom is -0.477 e. The Balaban J connectivity index is 2.46. The van der Waals surface area contributed by atoms with Crippen molar-refractivity contribution in [2.75, 3.05) is 7.11 Å². The lowest BCUT2D eigenvalue weighted by Crippen LogP contribution is -2.19. The zero-order chi connectivity index (χ0) is 16.7. The Labute approximate surface area is 138 Å². The molecule has 0 aliphatic carbocycles. The molecule has 0 atom stereocenters. The molecular weight excluding hydrogens is 344 g/mol. The molecule has 0 saturated carbocycles. The van der Waals surface area contributed by atoms with Gasteiger partial charge in [0.05, 0.1) is 12.5 Å². The van der Waals surface area contributed by atoms with Crippen molar-refractivity contribution >= 4 is 40.1 Å². The molecule has 0 bridgehead atoms. The van der Waals surface area contributed by atoms with Gasteiger partial charge in [0.1, 0.15) is 10.7 Å². The molecule has 118 valence electrons. The fraction of sp³-hybridized carbons (Fsp3) is 0.154. The number of aryl methyl sites for hydroxylation is 1. The number of hydrogen-bond donors (Lipinski definition) is 1. The molecule has 0 fully saturated rings. The summed E-state index contributed by atoms with van der Waals surface area (Å²) in [5, 5.41) is 9.94. The number of ether oxygens (including phenoxy) is 1. The number of rotatable bonds is 3. The maximum atomic E-state index is 12.4. The highest BCUT2D eigenvalue weighted by Gasteiger charge is 2.20. The van der Waals surface area contributed by atoms with E-state index in [-0.39, 0.29) is 27.8 Å². The van der Waals surface area contributed by atoms with Gasteiger partial charge < -0.3 is 9.84 Å². The highest BCUT2D eigenvalue weighted by Crippen LogP contribution is 2.23. The molecule has 1 N–H and O–H groups in total. The number of aromatic carboxylic acids is 1. The number of carbonyl (C=O) groups is 1. The number of carboxylic acid groups (broad SMARTS) is 1. The van der Waals surface area contributed by atoms with Gasteiger partial charge >= 0.3 is 12.0 Å². The first-order valence-corrected chi connectivity index (χ1v) is 7.41. The number of pyridine rings is 2. The third kappa shape index (κ3) is 2.53. The van der Waals surface area contributed by atoms with E-state index in [9.17, 15) is 14.7 Å². The van der Waals surface area contributed by atoms with Gasteiger partial charge in [-0.25, -0.2) is 9.78 Å². The number of aromatic nitrogens is 4. The van der Waals surface area contributed by atoms with E-state index in [0.29, 0.717) is 10.7 Å². The van der Waals surface area contributed by atoms with Gasteiger partial charge in [0.2, 0.25) is 10.6 Å². The van der Waals surface area contributed by atoms with E-state index in [0.717, 1.165) is 17.7 Å². The van der Waals surface area contributed by atoms with Gasteiger partial charge in [0, 0.05) is 17.7 Å². The highest BCUT2D eigenvalue weighted by atomic mass is 35.5. The fourth-order valence-electron chi connectivity index (χ4n) is 2.14. The van der Waals surface area contributed by atoms with Crippen molar-refractivity contribution in [1.29, 1.82) is 0 Å². The summed E-state index contributed by atoms with van der Waals surface area (Å²) < 4.78 is 10.3. The van der Waals surface area contributed by atoms with Crippen molar-refractivity contribution in [2.45, 2.75) is 6.92 Å². The number of carboxylic acids is 1. The number of nitrogens with zero attached hydrogens (tertiary/aromatic N) is 4. The molecule has 0 aliphatic rings. The lowest BCUT2D eigenvalue weighted by Gasteiger charge is -2.10. The summed E-state index contributed by atoms with van der Waals surface area (Å²) >= 11 is 6.95. The van der Waals surface area contributed by atoms with E-state index < -0.39 is 11.4 Å². The van der Waals surface area contributed by atoms with Crippen LogP contribution in [0.5, 0.6) is 6.01 Å². The third-order valence-corrected chi connectivity index (χ3v) is 4.03. The van der Waals surface area contributed by atoms with E-state index in [1.54, 1.807) is 6.92 Å². The minimum atomic E-state index is -1.34. The van der Waals surface area contributed by atoms with Gasteiger partial charge in [-0.05, 0) is 18.6 Å². The van der Waals surface area contributed by atoms with Crippen LogP contribution in [0.4, 0.5) is 0 Å². The number of hydrogen-bond acceptors (Lipinski definition) is 7. The predicted octanol–water partition coefficient (Wildman–Crippen LogP) is 1.91. The molecule has 0 aliphatic heterocycles. The van der Waals surface area contributed by atoms with Crippen LogP contribution >= 0.6 is 23.1 Å². The first-order chi connectivity index (χ1) is 10.9. The van der Waals surface area contributed by atoms with E-state index in [4.69, 9.17) is 16.3 Å². The molecular formula is C13H9ClN4O4S. The normalized spacial score (nSPS) is 10.9. The molecule has 0 aromatic carbocycles. The van der Waals surface area contributed by atoms with Gasteiger partial charge in [0.25, 0.3) is 0 Å². The average molecular weight is 353 g/mol. The second-order valence-corrected chi connectivity index (χ2v) is 5.69. The summed E-state index contributed by atoms with van der Waals surface area (Å²) in [7, 11) is 1.41. The van der Waals surface area contributed by atoms with Crippen molar-refractivity contribution in [3.8, 4) is 11.1 Å². The van der Waals surface area contributed by atoms with E-state index in [1.807, 2.05) is 0 Å². The van der Waals surface area contributed by atoms with Gasteiger partial charge in [0.15, 0.2) is 5.65 Å². The molecule has 23 heavy (non-hydrogen) atoms. The molecule has 0 unspecified atom stereocenters. The SMILES string of the molecule is COc1nsc(-n2cc(C(=O)O)c(=O)c3c(C)cc(Cl)nc32)n1. The molecule has 3 aromatic heterocycles. The summed E-state index contributed by atoms with van der Waals surface area (Å²) in [6.07, 6.45) is 1.16. The first-order valence-electron chi connectivity index (χ1n) is 6.26. The summed E-state index contributed by atoms with van der Waals surface area (Å²) in [4.78, 5) is 32.0. The van der Waals surface area contributed by atoms with Crippen LogP contribution in [-0.4, -0.2) is 37.1 Å². The Morgan fingerprint density at radius 1 is 1.43 bits per heavy atom. The monoisotopic (exact) mass is 352 g/mol. The molecule has 0 amide bonds. The number of halogens is 1. The van der Waals surface area contributed by atoms with Gasteiger partial charge in [-0.15, -0.1) is 4.37 Å². The van der Waals surface area contributed by atoms with Crippen molar-refractivity contribution < 1.29 is 14.6 Å². The van der Waals surface area contributed by atoms with E-state index in [1.165, 1.54) is 17.7 Å². The van der Waals surface area contributed by atoms with Crippen LogP contribution in [0.15, 0.2) is 17.1 Å². The lowest BCUT2D eigenvalue weighted by atomic mass is 10.1. The van der Waals surface area contributed by atoms with Crippen LogP contribution in [0.25, 0.3) is 16.2 Å². The van der Waals surface area contributed by atoms with Crippen LogP contribution in [0.1, 0.15) is 15.9 Å². The Morgan fingerprint density at radius 2 is 2.17 bits per heavy atom. The standard InChI is InChI=1S/C13H9ClN4O4S/c1-5-3-7(14)15-10-8(5)9(19)6(11(20)21)4-18(10)13-16-12(22-2)17-23-13/h3-4H,1-2H3,(H,20,21). The van der Waals surface area contributed by atoms with E-state index >= 15 is 0 Å². The van der Waals surface area contributed by atoms with Crippen molar-refractivity contribution in [2.24, 2.45) is 0 Å². The molecule has 3 aromatic rings. The van der Waals surface area contributed by atoms with Crippen molar-refractivity contribution in [1.82, 2.24) is 18.9 Å². The van der Waals surface area contributed by atoms with Crippen LogP contribution in [0, 0.1) is 6.92 Å². The Kier molecular flexibility index (Phi) is 3.74. The highest BCUT2D eigenvalue weighted by molar-refractivity contribution is 7.08. The Morgan fingerprint density at radius 3 is 2.78 bits per heavy atom.